The van der Waals surface area contributed by atoms with Gasteiger partial charge in [0.2, 0.25) is 0 Å². The zero-order valence-corrected chi connectivity index (χ0v) is 10.2. The predicted octanol–water partition coefficient (Wildman–Crippen LogP) is 1.25. The summed E-state index contributed by atoms with van der Waals surface area (Å²) >= 11 is 0. The lowest BCUT2D eigenvalue weighted by Gasteiger charge is -2.12. The number of nitrogens with one attached hydrogen (secondary N) is 1. The molecule has 0 bridgehead atoms. The van der Waals surface area contributed by atoms with Crippen molar-refractivity contribution in [3.63, 3.8) is 0 Å². The van der Waals surface area contributed by atoms with Crippen LogP contribution in [0.25, 0.3) is 0 Å². The molecule has 98 valence electrons. The van der Waals surface area contributed by atoms with E-state index in [1.54, 1.807) is 12.1 Å². The monoisotopic (exact) mass is 258 g/mol. The Morgan fingerprint density at radius 2 is 2.00 bits per heavy atom. The molecule has 0 saturated carbocycles. The largest absolute Gasteiger partial charge is 0.506 e. The van der Waals surface area contributed by atoms with Gasteiger partial charge in [-0.2, -0.15) is 0 Å². The van der Waals surface area contributed by atoms with E-state index < -0.39 is 12.0 Å². The molecule has 0 aliphatic heterocycles. The second-order valence-corrected chi connectivity index (χ2v) is 4.07. The SMILES string of the molecule is O=C(NCC(O)c1ccccc1)c1cncc(O)c1. The first kappa shape index (κ1) is 13.0. The molecule has 1 unspecified atom stereocenters. The molecule has 5 nitrogen and oxygen atoms in total. The summed E-state index contributed by atoms with van der Waals surface area (Å²) in [5.41, 5.74) is 0.983. The molecule has 0 spiro atoms. The zero-order valence-electron chi connectivity index (χ0n) is 10.2. The molecule has 1 atom stereocenters. The highest BCUT2D eigenvalue weighted by molar-refractivity contribution is 5.94. The number of benzene rings is 1. The minimum absolute atomic E-state index is 0.0729. The maximum atomic E-state index is 11.8. The molecule has 1 heterocycles. The fraction of sp³-hybridized carbons (Fsp3) is 0.143. The number of pyridine rings is 1. The Labute approximate surface area is 110 Å². The van der Waals surface area contributed by atoms with Crippen molar-refractivity contribution < 1.29 is 15.0 Å². The van der Waals surface area contributed by atoms with Crippen LogP contribution in [0, 0.1) is 0 Å². The summed E-state index contributed by atoms with van der Waals surface area (Å²) in [5.74, 6) is -0.463. The Morgan fingerprint density at radius 3 is 2.68 bits per heavy atom. The Hall–Kier alpha value is -2.40. The van der Waals surface area contributed by atoms with E-state index in [4.69, 9.17) is 0 Å². The lowest BCUT2D eigenvalue weighted by Crippen LogP contribution is -2.28. The molecule has 2 aromatic rings. The van der Waals surface area contributed by atoms with Crippen molar-refractivity contribution in [3.8, 4) is 5.75 Å². The molecule has 19 heavy (non-hydrogen) atoms. The number of nitrogens with zero attached hydrogens (tertiary/aromatic N) is 1. The lowest BCUT2D eigenvalue weighted by molar-refractivity contribution is 0.0915. The van der Waals surface area contributed by atoms with Gasteiger partial charge in [-0.05, 0) is 11.6 Å². The number of aromatic hydroxyl groups is 1. The number of aliphatic hydroxyl groups excluding tert-OH is 1. The zero-order chi connectivity index (χ0) is 13.7. The molecule has 2 rings (SSSR count). The maximum absolute atomic E-state index is 11.8. The van der Waals surface area contributed by atoms with Crippen molar-refractivity contribution >= 4 is 5.91 Å². The number of aromatic nitrogens is 1. The first-order chi connectivity index (χ1) is 9.16. The Kier molecular flexibility index (Phi) is 4.10. The van der Waals surface area contributed by atoms with Gasteiger partial charge in [-0.15, -0.1) is 0 Å². The highest BCUT2D eigenvalue weighted by atomic mass is 16.3. The van der Waals surface area contributed by atoms with E-state index in [1.807, 2.05) is 18.2 Å². The van der Waals surface area contributed by atoms with Gasteiger partial charge in [0, 0.05) is 12.7 Å². The average Bonchev–Trinajstić information content (AvgIpc) is 2.45. The van der Waals surface area contributed by atoms with Crippen LogP contribution < -0.4 is 5.32 Å². The van der Waals surface area contributed by atoms with Crippen LogP contribution >= 0.6 is 0 Å². The van der Waals surface area contributed by atoms with E-state index in [0.717, 1.165) is 5.56 Å². The van der Waals surface area contributed by atoms with Gasteiger partial charge < -0.3 is 15.5 Å². The van der Waals surface area contributed by atoms with Crippen LogP contribution in [0.15, 0.2) is 48.8 Å². The summed E-state index contributed by atoms with van der Waals surface area (Å²) in [5, 5.41) is 21.7. The minimum Gasteiger partial charge on any atom is -0.506 e. The highest BCUT2D eigenvalue weighted by Crippen LogP contribution is 2.12. The highest BCUT2D eigenvalue weighted by Gasteiger charge is 2.11. The molecule has 5 heteroatoms. The smallest absolute Gasteiger partial charge is 0.253 e. The first-order valence-electron chi connectivity index (χ1n) is 5.82. The van der Waals surface area contributed by atoms with Crippen molar-refractivity contribution in [1.29, 1.82) is 0 Å². The van der Waals surface area contributed by atoms with E-state index in [0.29, 0.717) is 0 Å². The molecular formula is C14H14N2O3. The number of carbonyl (C=O) groups is 1. The summed E-state index contributed by atoms with van der Waals surface area (Å²) in [6.07, 6.45) is 1.83. The number of hydrogen-bond donors (Lipinski definition) is 3. The van der Waals surface area contributed by atoms with Crippen LogP contribution in [0.5, 0.6) is 5.75 Å². The van der Waals surface area contributed by atoms with Gasteiger partial charge in [0.25, 0.3) is 5.91 Å². The van der Waals surface area contributed by atoms with Crippen LogP contribution in [0.4, 0.5) is 0 Å². The molecular weight excluding hydrogens is 244 g/mol. The number of amides is 1. The standard InChI is InChI=1S/C14H14N2O3/c17-12-6-11(7-15-8-12)14(19)16-9-13(18)10-4-2-1-3-5-10/h1-8,13,17-18H,9H2,(H,16,19). The van der Waals surface area contributed by atoms with Gasteiger partial charge in [-0.1, -0.05) is 30.3 Å². The Bertz CT molecular complexity index is 558. The number of hydrogen-bond acceptors (Lipinski definition) is 4. The van der Waals surface area contributed by atoms with Crippen LogP contribution in [-0.2, 0) is 0 Å². The lowest BCUT2D eigenvalue weighted by atomic mass is 10.1. The Morgan fingerprint density at radius 1 is 1.26 bits per heavy atom. The summed E-state index contributed by atoms with van der Waals surface area (Å²) in [6, 6.07) is 10.4. The second-order valence-electron chi connectivity index (χ2n) is 4.07. The summed E-state index contributed by atoms with van der Waals surface area (Å²) < 4.78 is 0. The molecule has 1 aromatic heterocycles. The molecule has 0 radical (unpaired) electrons. The molecule has 0 saturated heterocycles. The third-order valence-electron chi connectivity index (χ3n) is 2.63. The molecule has 0 aliphatic rings. The van der Waals surface area contributed by atoms with E-state index in [-0.39, 0.29) is 17.9 Å². The van der Waals surface area contributed by atoms with Crippen molar-refractivity contribution in [2.75, 3.05) is 6.54 Å². The van der Waals surface area contributed by atoms with Gasteiger partial charge in [-0.3, -0.25) is 9.78 Å². The molecule has 1 amide bonds. The van der Waals surface area contributed by atoms with Crippen LogP contribution in [-0.4, -0.2) is 27.6 Å². The van der Waals surface area contributed by atoms with Crippen molar-refractivity contribution in [1.82, 2.24) is 10.3 Å². The van der Waals surface area contributed by atoms with Crippen molar-refractivity contribution in [2.45, 2.75) is 6.10 Å². The summed E-state index contributed by atoms with van der Waals surface area (Å²) in [7, 11) is 0. The second kappa shape index (κ2) is 5.97. The van der Waals surface area contributed by atoms with Crippen molar-refractivity contribution in [2.24, 2.45) is 0 Å². The van der Waals surface area contributed by atoms with Gasteiger partial charge in [0.1, 0.15) is 5.75 Å². The quantitative estimate of drug-likeness (QED) is 0.770. The topological polar surface area (TPSA) is 82.5 Å². The number of aliphatic hydroxyl groups is 1. The fourth-order valence-electron chi connectivity index (χ4n) is 1.64. The third-order valence-corrected chi connectivity index (χ3v) is 2.63. The van der Waals surface area contributed by atoms with Gasteiger partial charge in [0.15, 0.2) is 0 Å². The van der Waals surface area contributed by atoms with Crippen LogP contribution in [0.3, 0.4) is 0 Å². The normalized spacial score (nSPS) is 11.8. The maximum Gasteiger partial charge on any atom is 0.253 e. The van der Waals surface area contributed by atoms with E-state index in [2.05, 4.69) is 10.3 Å². The van der Waals surface area contributed by atoms with Crippen molar-refractivity contribution in [3.05, 3.63) is 59.9 Å². The van der Waals surface area contributed by atoms with E-state index in [9.17, 15) is 15.0 Å². The Balaban J connectivity index is 1.94. The summed E-state index contributed by atoms with van der Waals surface area (Å²) in [4.78, 5) is 15.5. The van der Waals surface area contributed by atoms with E-state index >= 15 is 0 Å². The molecule has 0 fully saturated rings. The van der Waals surface area contributed by atoms with E-state index in [1.165, 1.54) is 18.5 Å². The number of rotatable bonds is 4. The third kappa shape index (κ3) is 3.53. The minimum atomic E-state index is -0.768. The van der Waals surface area contributed by atoms with Gasteiger partial charge >= 0.3 is 0 Å². The molecule has 0 aliphatic carbocycles. The van der Waals surface area contributed by atoms with Crippen LogP contribution in [0.2, 0.25) is 0 Å². The first-order valence-corrected chi connectivity index (χ1v) is 5.82. The average molecular weight is 258 g/mol. The predicted molar refractivity (Wildman–Crippen MR) is 69.6 cm³/mol. The van der Waals surface area contributed by atoms with Gasteiger partial charge in [-0.25, -0.2) is 0 Å². The fourth-order valence-corrected chi connectivity index (χ4v) is 1.64. The number of carbonyl (C=O) groups excluding carboxylic acids is 1. The van der Waals surface area contributed by atoms with Crippen LogP contribution in [0.1, 0.15) is 22.0 Å². The summed E-state index contributed by atoms with van der Waals surface area (Å²) in [6.45, 7) is 0.0957. The molecule has 1 aromatic carbocycles. The van der Waals surface area contributed by atoms with Gasteiger partial charge in [0.05, 0.1) is 17.9 Å². The molecule has 3 N–H and O–H groups in total.